The SMILES string of the molecule is COc1cccc(CNc2nc3ccc(OC/C(=C/F)CNC(=O)OC(C)(C)C)cc3o2)c1. The summed E-state index contributed by atoms with van der Waals surface area (Å²) in [4.78, 5) is 16.1. The number of benzene rings is 2. The third-order valence-electron chi connectivity index (χ3n) is 4.37. The van der Waals surface area contributed by atoms with Gasteiger partial charge in [0.2, 0.25) is 0 Å². The van der Waals surface area contributed by atoms with Gasteiger partial charge in [0.15, 0.2) is 5.58 Å². The van der Waals surface area contributed by atoms with Gasteiger partial charge < -0.3 is 29.3 Å². The first-order valence-corrected chi connectivity index (χ1v) is 10.4. The quantitative estimate of drug-likeness (QED) is 0.456. The van der Waals surface area contributed by atoms with Crippen LogP contribution in [0.4, 0.5) is 15.2 Å². The van der Waals surface area contributed by atoms with Crippen molar-refractivity contribution in [2.24, 2.45) is 0 Å². The van der Waals surface area contributed by atoms with Crippen LogP contribution in [0.5, 0.6) is 11.5 Å². The summed E-state index contributed by atoms with van der Waals surface area (Å²) in [5.41, 5.74) is 1.82. The fourth-order valence-electron chi connectivity index (χ4n) is 2.83. The topological polar surface area (TPSA) is 94.8 Å². The van der Waals surface area contributed by atoms with Crippen molar-refractivity contribution in [1.82, 2.24) is 10.3 Å². The van der Waals surface area contributed by atoms with E-state index in [9.17, 15) is 9.18 Å². The molecule has 3 aromatic rings. The van der Waals surface area contributed by atoms with Crippen LogP contribution in [0.15, 0.2) is 58.8 Å². The molecule has 9 heteroatoms. The maximum absolute atomic E-state index is 13.2. The van der Waals surface area contributed by atoms with E-state index in [1.54, 1.807) is 46.1 Å². The van der Waals surface area contributed by atoms with Crippen LogP contribution in [0.25, 0.3) is 11.1 Å². The zero-order valence-electron chi connectivity index (χ0n) is 19.1. The van der Waals surface area contributed by atoms with Gasteiger partial charge in [-0.1, -0.05) is 12.1 Å². The summed E-state index contributed by atoms with van der Waals surface area (Å²) in [6.45, 7) is 5.69. The number of rotatable bonds is 9. The average molecular weight is 458 g/mol. The maximum Gasteiger partial charge on any atom is 0.407 e. The summed E-state index contributed by atoms with van der Waals surface area (Å²) in [5, 5.41) is 5.64. The molecule has 0 fully saturated rings. The summed E-state index contributed by atoms with van der Waals surface area (Å²) in [6, 6.07) is 13.2. The van der Waals surface area contributed by atoms with Gasteiger partial charge >= 0.3 is 6.09 Å². The van der Waals surface area contributed by atoms with Gasteiger partial charge in [-0.25, -0.2) is 9.18 Å². The summed E-state index contributed by atoms with van der Waals surface area (Å²) in [5.74, 6) is 1.26. The molecule has 0 aliphatic heterocycles. The summed E-state index contributed by atoms with van der Waals surface area (Å²) < 4.78 is 35.0. The number of hydrogen-bond acceptors (Lipinski definition) is 7. The molecule has 0 saturated heterocycles. The molecule has 0 atom stereocenters. The van der Waals surface area contributed by atoms with Gasteiger partial charge in [-0.2, -0.15) is 4.98 Å². The maximum atomic E-state index is 13.2. The van der Waals surface area contributed by atoms with E-state index in [0.717, 1.165) is 11.3 Å². The first-order chi connectivity index (χ1) is 15.8. The van der Waals surface area contributed by atoms with Crippen LogP contribution in [0.1, 0.15) is 26.3 Å². The minimum Gasteiger partial charge on any atom is -0.497 e. The number of carbonyl (C=O) groups is 1. The lowest BCUT2D eigenvalue weighted by molar-refractivity contribution is 0.0531. The second kappa shape index (κ2) is 10.7. The lowest BCUT2D eigenvalue weighted by Gasteiger charge is -2.20. The minimum absolute atomic E-state index is 0.0334. The molecule has 0 unspecified atom stereocenters. The number of nitrogens with one attached hydrogen (secondary N) is 2. The number of methoxy groups -OCH3 is 1. The van der Waals surface area contributed by atoms with Crippen molar-refractivity contribution >= 4 is 23.2 Å². The van der Waals surface area contributed by atoms with Gasteiger partial charge in [-0.3, -0.25) is 0 Å². The van der Waals surface area contributed by atoms with E-state index < -0.39 is 11.7 Å². The number of oxazole rings is 1. The fourth-order valence-corrected chi connectivity index (χ4v) is 2.83. The summed E-state index contributed by atoms with van der Waals surface area (Å²) in [6.07, 6.45) is -0.218. The highest BCUT2D eigenvalue weighted by Gasteiger charge is 2.16. The highest BCUT2D eigenvalue weighted by Crippen LogP contribution is 2.25. The molecule has 8 nitrogen and oxygen atoms in total. The molecule has 0 aliphatic carbocycles. The predicted octanol–water partition coefficient (Wildman–Crippen LogP) is 5.21. The van der Waals surface area contributed by atoms with E-state index in [1.165, 1.54) is 0 Å². The lowest BCUT2D eigenvalue weighted by atomic mass is 10.2. The number of alkyl carbamates (subject to hydrolysis) is 1. The Bertz CT molecular complexity index is 1120. The zero-order valence-corrected chi connectivity index (χ0v) is 19.1. The Balaban J connectivity index is 1.54. The summed E-state index contributed by atoms with van der Waals surface area (Å²) in [7, 11) is 1.62. The Hall–Kier alpha value is -3.75. The lowest BCUT2D eigenvalue weighted by Crippen LogP contribution is -2.34. The first-order valence-electron chi connectivity index (χ1n) is 10.4. The Morgan fingerprint density at radius 1 is 1.18 bits per heavy atom. The average Bonchev–Trinajstić information content (AvgIpc) is 3.19. The number of aromatic nitrogens is 1. The monoisotopic (exact) mass is 457 g/mol. The highest BCUT2D eigenvalue weighted by atomic mass is 19.1. The van der Waals surface area contributed by atoms with Crippen molar-refractivity contribution in [2.75, 3.05) is 25.6 Å². The molecule has 0 saturated carbocycles. The molecule has 1 aromatic heterocycles. The second-order valence-corrected chi connectivity index (χ2v) is 8.27. The van der Waals surface area contributed by atoms with Crippen LogP contribution in [-0.4, -0.2) is 36.9 Å². The molecule has 2 aromatic carbocycles. The standard InChI is InChI=1S/C24H28FN3O5/c1-24(2,3)33-23(29)27-14-17(12-25)15-31-19-8-9-20-21(11-19)32-22(28-20)26-13-16-6-5-7-18(10-16)30-4/h5-12H,13-15H2,1-4H3,(H,26,28)(H,27,29)/b17-12+. The smallest absolute Gasteiger partial charge is 0.407 e. The van der Waals surface area contributed by atoms with E-state index in [2.05, 4.69) is 15.6 Å². The van der Waals surface area contributed by atoms with E-state index >= 15 is 0 Å². The number of ether oxygens (including phenoxy) is 3. The van der Waals surface area contributed by atoms with Gasteiger partial charge in [-0.15, -0.1) is 0 Å². The molecular weight excluding hydrogens is 429 g/mol. The van der Waals surface area contributed by atoms with E-state index in [4.69, 9.17) is 18.6 Å². The van der Waals surface area contributed by atoms with Gasteiger partial charge in [0.1, 0.15) is 29.2 Å². The van der Waals surface area contributed by atoms with Crippen molar-refractivity contribution in [3.8, 4) is 11.5 Å². The number of amides is 1. The molecule has 0 aliphatic rings. The molecule has 1 amide bonds. The number of halogens is 1. The van der Waals surface area contributed by atoms with Crippen molar-refractivity contribution in [3.05, 3.63) is 59.9 Å². The first kappa shape index (κ1) is 23.9. The number of fused-ring (bicyclic) bond motifs is 1. The van der Waals surface area contributed by atoms with Crippen molar-refractivity contribution in [1.29, 1.82) is 0 Å². The van der Waals surface area contributed by atoms with Crippen LogP contribution in [-0.2, 0) is 11.3 Å². The van der Waals surface area contributed by atoms with Gasteiger partial charge in [0.05, 0.1) is 13.4 Å². The van der Waals surface area contributed by atoms with Crippen molar-refractivity contribution < 1.29 is 27.8 Å². The number of nitrogens with zero attached hydrogens (tertiary/aromatic N) is 1. The Labute approximate surface area is 191 Å². The second-order valence-electron chi connectivity index (χ2n) is 8.27. The minimum atomic E-state index is -0.631. The van der Waals surface area contributed by atoms with Gasteiger partial charge in [0.25, 0.3) is 6.01 Å². The normalized spacial score (nSPS) is 11.8. The Kier molecular flexibility index (Phi) is 7.76. The molecule has 0 radical (unpaired) electrons. The molecule has 0 bridgehead atoms. The zero-order chi connectivity index (χ0) is 23.8. The molecule has 0 spiro atoms. The van der Waals surface area contributed by atoms with E-state index in [1.807, 2.05) is 24.3 Å². The predicted molar refractivity (Wildman–Crippen MR) is 123 cm³/mol. The largest absolute Gasteiger partial charge is 0.497 e. The van der Waals surface area contributed by atoms with Crippen LogP contribution < -0.4 is 20.1 Å². The molecule has 176 valence electrons. The van der Waals surface area contributed by atoms with Crippen LogP contribution in [0, 0.1) is 0 Å². The van der Waals surface area contributed by atoms with Crippen LogP contribution >= 0.6 is 0 Å². The van der Waals surface area contributed by atoms with Crippen molar-refractivity contribution in [3.63, 3.8) is 0 Å². The fraction of sp³-hybridized carbons (Fsp3) is 0.333. The molecular formula is C24H28FN3O5. The number of anilines is 1. The molecule has 33 heavy (non-hydrogen) atoms. The Morgan fingerprint density at radius 2 is 2.00 bits per heavy atom. The van der Waals surface area contributed by atoms with E-state index in [-0.39, 0.29) is 18.7 Å². The third-order valence-corrected chi connectivity index (χ3v) is 4.37. The van der Waals surface area contributed by atoms with Crippen molar-refractivity contribution in [2.45, 2.75) is 32.9 Å². The van der Waals surface area contributed by atoms with E-state index in [0.29, 0.717) is 35.7 Å². The molecule has 2 N–H and O–H groups in total. The third kappa shape index (κ3) is 7.41. The summed E-state index contributed by atoms with van der Waals surface area (Å²) >= 11 is 0. The van der Waals surface area contributed by atoms with Crippen LogP contribution in [0.3, 0.4) is 0 Å². The van der Waals surface area contributed by atoms with Gasteiger partial charge in [0, 0.05) is 24.7 Å². The van der Waals surface area contributed by atoms with Crippen LogP contribution in [0.2, 0.25) is 0 Å². The highest BCUT2D eigenvalue weighted by molar-refractivity contribution is 5.76. The Morgan fingerprint density at radius 3 is 2.73 bits per heavy atom. The van der Waals surface area contributed by atoms with Gasteiger partial charge in [-0.05, 0) is 50.6 Å². The molecule has 3 rings (SSSR count). The number of hydrogen-bond donors (Lipinski definition) is 2. The molecule has 1 heterocycles. The number of carbonyl (C=O) groups excluding carboxylic acids is 1.